The van der Waals surface area contributed by atoms with Gasteiger partial charge in [-0.05, 0) is 48.5 Å². The summed E-state index contributed by atoms with van der Waals surface area (Å²) in [7, 11) is 0. The molecule has 0 aliphatic carbocycles. The molecular weight excluding hydrogens is 428 g/mol. The maximum atomic E-state index is 12.3. The molecule has 11 heteroatoms. The Hall–Kier alpha value is -4.41. The summed E-state index contributed by atoms with van der Waals surface area (Å²) in [6, 6.07) is 10.8. The van der Waals surface area contributed by atoms with Crippen LogP contribution >= 0.6 is 0 Å². The summed E-state index contributed by atoms with van der Waals surface area (Å²) in [4.78, 5) is 44.2. The standard InChI is InChI=1S/C21H15F2N3O6/c22-21(23)32-14-7-5-13(6-8-14)18(28)26-17(27)12-30-20(29)16-4-2-10-25-19(16)31-15-3-1-9-24-11-15/h1-11,21H,12H2,(H,26,27,28). The summed E-state index contributed by atoms with van der Waals surface area (Å²) in [5.41, 5.74) is -0.0178. The van der Waals surface area contributed by atoms with Gasteiger partial charge in [0.25, 0.3) is 11.8 Å². The minimum Gasteiger partial charge on any atom is -0.452 e. The number of halogens is 2. The molecule has 0 saturated carbocycles. The number of imide groups is 1. The highest BCUT2D eigenvalue weighted by Crippen LogP contribution is 2.22. The first-order chi connectivity index (χ1) is 15.4. The van der Waals surface area contributed by atoms with Crippen LogP contribution in [0.2, 0.25) is 0 Å². The molecule has 2 amide bonds. The van der Waals surface area contributed by atoms with E-state index in [0.29, 0.717) is 5.75 Å². The molecule has 2 heterocycles. The zero-order valence-electron chi connectivity index (χ0n) is 16.2. The fourth-order valence-corrected chi connectivity index (χ4v) is 2.38. The molecule has 32 heavy (non-hydrogen) atoms. The second kappa shape index (κ2) is 10.6. The van der Waals surface area contributed by atoms with Gasteiger partial charge in [0.05, 0.1) is 6.20 Å². The van der Waals surface area contributed by atoms with Gasteiger partial charge in [-0.2, -0.15) is 8.78 Å². The van der Waals surface area contributed by atoms with Crippen LogP contribution in [-0.2, 0) is 9.53 Å². The molecule has 0 radical (unpaired) electrons. The van der Waals surface area contributed by atoms with Gasteiger partial charge in [0, 0.05) is 18.0 Å². The van der Waals surface area contributed by atoms with E-state index in [1.54, 1.807) is 18.3 Å². The van der Waals surface area contributed by atoms with Gasteiger partial charge in [-0.3, -0.25) is 19.9 Å². The van der Waals surface area contributed by atoms with E-state index in [0.717, 1.165) is 12.1 Å². The summed E-state index contributed by atoms with van der Waals surface area (Å²) in [5.74, 6) is -2.45. The Morgan fingerprint density at radius 3 is 2.41 bits per heavy atom. The Morgan fingerprint density at radius 1 is 0.969 bits per heavy atom. The van der Waals surface area contributed by atoms with Crippen LogP contribution in [0.5, 0.6) is 17.4 Å². The van der Waals surface area contributed by atoms with Gasteiger partial charge < -0.3 is 14.2 Å². The monoisotopic (exact) mass is 443 g/mol. The lowest BCUT2D eigenvalue weighted by molar-refractivity contribution is -0.123. The summed E-state index contributed by atoms with van der Waals surface area (Å²) in [5, 5.41) is 2.02. The van der Waals surface area contributed by atoms with Gasteiger partial charge >= 0.3 is 12.6 Å². The van der Waals surface area contributed by atoms with Gasteiger partial charge in [-0.1, -0.05) is 0 Å². The van der Waals surface area contributed by atoms with Crippen molar-refractivity contribution in [2.45, 2.75) is 6.61 Å². The van der Waals surface area contributed by atoms with Crippen LogP contribution in [0.25, 0.3) is 0 Å². The number of hydrogen-bond acceptors (Lipinski definition) is 8. The van der Waals surface area contributed by atoms with E-state index in [4.69, 9.17) is 9.47 Å². The van der Waals surface area contributed by atoms with Crippen molar-refractivity contribution < 1.29 is 37.4 Å². The number of amides is 2. The number of nitrogens with zero attached hydrogens (tertiary/aromatic N) is 2. The highest BCUT2D eigenvalue weighted by molar-refractivity contribution is 6.05. The average Bonchev–Trinajstić information content (AvgIpc) is 2.78. The van der Waals surface area contributed by atoms with Crippen LogP contribution in [0.4, 0.5) is 8.78 Å². The van der Waals surface area contributed by atoms with Crippen molar-refractivity contribution >= 4 is 17.8 Å². The normalized spacial score (nSPS) is 10.3. The molecule has 3 rings (SSSR count). The fourth-order valence-electron chi connectivity index (χ4n) is 2.38. The van der Waals surface area contributed by atoms with Crippen molar-refractivity contribution in [3.63, 3.8) is 0 Å². The van der Waals surface area contributed by atoms with E-state index in [1.807, 2.05) is 5.32 Å². The number of hydrogen-bond donors (Lipinski definition) is 1. The Morgan fingerprint density at radius 2 is 1.72 bits per heavy atom. The van der Waals surface area contributed by atoms with Crippen molar-refractivity contribution in [1.29, 1.82) is 0 Å². The Labute approximate surface area is 180 Å². The minimum atomic E-state index is -3.00. The third kappa shape index (κ3) is 6.29. The Kier molecular flexibility index (Phi) is 7.36. The molecular formula is C21H15F2N3O6. The molecule has 9 nitrogen and oxygen atoms in total. The third-order valence-corrected chi connectivity index (χ3v) is 3.77. The molecule has 0 saturated heterocycles. The molecule has 164 valence electrons. The van der Waals surface area contributed by atoms with Crippen molar-refractivity contribution in [1.82, 2.24) is 15.3 Å². The van der Waals surface area contributed by atoms with E-state index in [1.165, 1.54) is 36.7 Å². The largest absolute Gasteiger partial charge is 0.452 e. The van der Waals surface area contributed by atoms with E-state index in [-0.39, 0.29) is 22.8 Å². The van der Waals surface area contributed by atoms with Crippen LogP contribution in [0.3, 0.4) is 0 Å². The highest BCUT2D eigenvalue weighted by atomic mass is 19.3. The van der Waals surface area contributed by atoms with Crippen molar-refractivity contribution in [2.24, 2.45) is 0 Å². The van der Waals surface area contributed by atoms with Gasteiger partial charge in [-0.15, -0.1) is 0 Å². The van der Waals surface area contributed by atoms with E-state index >= 15 is 0 Å². The molecule has 0 bridgehead atoms. The van der Waals surface area contributed by atoms with Crippen LogP contribution in [0.1, 0.15) is 20.7 Å². The van der Waals surface area contributed by atoms with Crippen molar-refractivity contribution in [3.8, 4) is 17.4 Å². The third-order valence-electron chi connectivity index (χ3n) is 3.77. The number of esters is 1. The fraction of sp³-hybridized carbons (Fsp3) is 0.0952. The zero-order valence-corrected chi connectivity index (χ0v) is 16.2. The number of pyridine rings is 2. The second-order valence-electron chi connectivity index (χ2n) is 6.00. The van der Waals surface area contributed by atoms with Crippen LogP contribution in [-0.4, -0.2) is 41.0 Å². The lowest BCUT2D eigenvalue weighted by Gasteiger charge is -2.10. The van der Waals surface area contributed by atoms with E-state index < -0.39 is 31.0 Å². The number of ether oxygens (including phenoxy) is 3. The van der Waals surface area contributed by atoms with E-state index in [2.05, 4.69) is 14.7 Å². The lowest BCUT2D eigenvalue weighted by Crippen LogP contribution is -2.34. The second-order valence-corrected chi connectivity index (χ2v) is 6.00. The average molecular weight is 443 g/mol. The number of rotatable bonds is 8. The number of benzene rings is 1. The van der Waals surface area contributed by atoms with Gasteiger partial charge in [0.15, 0.2) is 6.61 Å². The number of alkyl halides is 2. The van der Waals surface area contributed by atoms with Gasteiger partial charge in [0.1, 0.15) is 17.1 Å². The predicted molar refractivity (Wildman–Crippen MR) is 104 cm³/mol. The molecule has 0 aliphatic heterocycles. The topological polar surface area (TPSA) is 117 Å². The van der Waals surface area contributed by atoms with Crippen molar-refractivity contribution in [3.05, 3.63) is 78.2 Å². The number of carbonyl (C=O) groups is 3. The number of aromatic nitrogens is 2. The SMILES string of the molecule is O=C(COC(=O)c1cccnc1Oc1cccnc1)NC(=O)c1ccc(OC(F)F)cc1. The molecule has 0 unspecified atom stereocenters. The predicted octanol–water partition coefficient (Wildman–Crippen LogP) is 2.98. The summed E-state index contributed by atoms with van der Waals surface area (Å²) >= 11 is 0. The maximum absolute atomic E-state index is 12.3. The maximum Gasteiger partial charge on any atom is 0.387 e. The molecule has 3 aromatic rings. The first kappa shape index (κ1) is 22.3. The zero-order chi connectivity index (χ0) is 22.9. The van der Waals surface area contributed by atoms with Crippen molar-refractivity contribution in [2.75, 3.05) is 6.61 Å². The first-order valence-corrected chi connectivity index (χ1v) is 9.01. The molecule has 0 atom stereocenters. The molecule has 2 aromatic heterocycles. The molecule has 1 aromatic carbocycles. The first-order valence-electron chi connectivity index (χ1n) is 9.01. The minimum absolute atomic E-state index is 0.0192. The van der Waals surface area contributed by atoms with Gasteiger partial charge in [0.2, 0.25) is 5.88 Å². The van der Waals surface area contributed by atoms with E-state index in [9.17, 15) is 23.2 Å². The summed E-state index contributed by atoms with van der Waals surface area (Å²) in [6.07, 6.45) is 4.38. The highest BCUT2D eigenvalue weighted by Gasteiger charge is 2.18. The Balaban J connectivity index is 1.55. The molecule has 0 aliphatic rings. The van der Waals surface area contributed by atoms with Crippen LogP contribution in [0, 0.1) is 0 Å². The molecule has 1 N–H and O–H groups in total. The summed E-state index contributed by atoms with van der Waals surface area (Å²) < 4.78 is 38.9. The molecule has 0 spiro atoms. The number of carbonyl (C=O) groups excluding carboxylic acids is 3. The smallest absolute Gasteiger partial charge is 0.387 e. The van der Waals surface area contributed by atoms with Crippen LogP contribution < -0.4 is 14.8 Å². The lowest BCUT2D eigenvalue weighted by atomic mass is 10.2. The summed E-state index contributed by atoms with van der Waals surface area (Å²) in [6.45, 7) is -3.75. The quantitative estimate of drug-likeness (QED) is 0.528. The van der Waals surface area contributed by atoms with Gasteiger partial charge in [-0.25, -0.2) is 9.78 Å². The molecule has 0 fully saturated rings. The number of nitrogens with one attached hydrogen (secondary N) is 1. The Bertz CT molecular complexity index is 1090. The van der Waals surface area contributed by atoms with Crippen LogP contribution in [0.15, 0.2) is 67.1 Å².